The SMILES string of the molecule is CC(C)Cc1nn2c3c(nc2s1)-c1ccccc1SC3. The molecule has 4 rings (SSSR count). The quantitative estimate of drug-likeness (QED) is 0.708. The molecule has 0 radical (unpaired) electrons. The summed E-state index contributed by atoms with van der Waals surface area (Å²) < 4.78 is 2.06. The molecule has 0 saturated carbocycles. The van der Waals surface area contributed by atoms with E-state index in [0.29, 0.717) is 5.92 Å². The molecule has 0 bridgehead atoms. The first kappa shape index (κ1) is 12.4. The topological polar surface area (TPSA) is 30.2 Å². The average molecular weight is 301 g/mol. The molecular formula is C15H15N3S2. The second-order valence-corrected chi connectivity index (χ2v) is 7.54. The molecule has 20 heavy (non-hydrogen) atoms. The molecule has 102 valence electrons. The molecule has 0 aliphatic carbocycles. The highest BCUT2D eigenvalue weighted by atomic mass is 32.2. The smallest absolute Gasteiger partial charge is 0.212 e. The standard InChI is InChI=1S/C15H15N3S2/c1-9(2)7-13-17-18-11-8-19-12-6-4-3-5-10(12)14(11)16-15(18)20-13/h3-6,9H,7-8H2,1-2H3. The van der Waals surface area contributed by atoms with Gasteiger partial charge in [0.15, 0.2) is 0 Å². The Labute approximate surface area is 126 Å². The van der Waals surface area contributed by atoms with Crippen LogP contribution < -0.4 is 0 Å². The van der Waals surface area contributed by atoms with Gasteiger partial charge in [0.1, 0.15) is 5.01 Å². The highest BCUT2D eigenvalue weighted by Gasteiger charge is 2.23. The van der Waals surface area contributed by atoms with E-state index in [-0.39, 0.29) is 0 Å². The lowest BCUT2D eigenvalue weighted by atomic mass is 10.1. The Morgan fingerprint density at radius 2 is 2.15 bits per heavy atom. The van der Waals surface area contributed by atoms with Crippen LogP contribution in [0.3, 0.4) is 0 Å². The zero-order valence-corrected chi connectivity index (χ0v) is 13.1. The molecule has 3 aromatic rings. The van der Waals surface area contributed by atoms with Crippen LogP contribution in [0.5, 0.6) is 0 Å². The third kappa shape index (κ3) is 1.88. The van der Waals surface area contributed by atoms with Crippen LogP contribution in [0.4, 0.5) is 0 Å². The minimum Gasteiger partial charge on any atom is -0.217 e. The van der Waals surface area contributed by atoms with E-state index in [9.17, 15) is 0 Å². The summed E-state index contributed by atoms with van der Waals surface area (Å²) in [5, 5.41) is 5.95. The number of nitrogens with zero attached hydrogens (tertiary/aromatic N) is 3. The summed E-state index contributed by atoms with van der Waals surface area (Å²) in [6.07, 6.45) is 1.03. The van der Waals surface area contributed by atoms with E-state index in [2.05, 4.69) is 42.6 Å². The molecule has 0 spiro atoms. The van der Waals surface area contributed by atoms with Gasteiger partial charge >= 0.3 is 0 Å². The van der Waals surface area contributed by atoms with Crippen molar-refractivity contribution in [2.45, 2.75) is 30.9 Å². The minimum atomic E-state index is 0.636. The molecule has 2 aromatic heterocycles. The van der Waals surface area contributed by atoms with Crippen molar-refractivity contribution >= 4 is 28.1 Å². The summed E-state index contributed by atoms with van der Waals surface area (Å²) in [5.74, 6) is 1.59. The van der Waals surface area contributed by atoms with E-state index in [0.717, 1.165) is 22.8 Å². The summed E-state index contributed by atoms with van der Waals surface area (Å²) in [7, 11) is 0. The lowest BCUT2D eigenvalue weighted by Gasteiger charge is -2.14. The van der Waals surface area contributed by atoms with Crippen molar-refractivity contribution in [2.75, 3.05) is 0 Å². The van der Waals surface area contributed by atoms with Crippen molar-refractivity contribution in [3.8, 4) is 11.3 Å². The van der Waals surface area contributed by atoms with Crippen molar-refractivity contribution < 1.29 is 0 Å². The highest BCUT2D eigenvalue weighted by Crippen LogP contribution is 2.41. The average Bonchev–Trinajstić information content (AvgIpc) is 2.95. The summed E-state index contributed by atoms with van der Waals surface area (Å²) in [6.45, 7) is 4.46. The maximum Gasteiger partial charge on any atom is 0.212 e. The second-order valence-electron chi connectivity index (χ2n) is 5.48. The molecule has 0 N–H and O–H groups in total. The van der Waals surface area contributed by atoms with Crippen LogP contribution in [-0.2, 0) is 12.2 Å². The third-order valence-electron chi connectivity index (χ3n) is 3.43. The van der Waals surface area contributed by atoms with Crippen molar-refractivity contribution in [3.63, 3.8) is 0 Å². The van der Waals surface area contributed by atoms with Crippen LogP contribution in [0.15, 0.2) is 29.2 Å². The molecule has 3 nitrogen and oxygen atoms in total. The van der Waals surface area contributed by atoms with Crippen molar-refractivity contribution in [3.05, 3.63) is 35.0 Å². The predicted octanol–water partition coefficient (Wildman–Crippen LogP) is 4.26. The molecule has 1 aromatic carbocycles. The van der Waals surface area contributed by atoms with Crippen LogP contribution in [-0.4, -0.2) is 14.6 Å². The predicted molar refractivity (Wildman–Crippen MR) is 84.4 cm³/mol. The number of thioether (sulfide) groups is 1. The number of rotatable bonds is 2. The Bertz CT molecular complexity index is 786. The van der Waals surface area contributed by atoms with E-state index in [1.807, 2.05) is 11.8 Å². The lowest BCUT2D eigenvalue weighted by molar-refractivity contribution is 0.635. The molecule has 5 heteroatoms. The Morgan fingerprint density at radius 3 is 3.00 bits per heavy atom. The van der Waals surface area contributed by atoms with Gasteiger partial charge in [-0.2, -0.15) is 5.10 Å². The van der Waals surface area contributed by atoms with Crippen LogP contribution in [0.1, 0.15) is 24.5 Å². The maximum atomic E-state index is 4.83. The van der Waals surface area contributed by atoms with Crippen LogP contribution in [0.2, 0.25) is 0 Å². The fraction of sp³-hybridized carbons (Fsp3) is 0.333. The normalized spacial score (nSPS) is 13.8. The van der Waals surface area contributed by atoms with Crippen LogP contribution in [0.25, 0.3) is 16.2 Å². The van der Waals surface area contributed by atoms with Crippen LogP contribution in [0, 0.1) is 5.92 Å². The monoisotopic (exact) mass is 301 g/mol. The number of benzene rings is 1. The summed E-state index contributed by atoms with van der Waals surface area (Å²) in [6, 6.07) is 8.51. The summed E-state index contributed by atoms with van der Waals surface area (Å²) in [4.78, 5) is 7.19. The molecule has 1 aliphatic heterocycles. The van der Waals surface area contributed by atoms with Crippen molar-refractivity contribution in [1.29, 1.82) is 0 Å². The van der Waals surface area contributed by atoms with E-state index in [4.69, 9.17) is 10.1 Å². The van der Waals surface area contributed by atoms with Gasteiger partial charge in [0.25, 0.3) is 0 Å². The minimum absolute atomic E-state index is 0.636. The van der Waals surface area contributed by atoms with E-state index in [1.165, 1.54) is 21.2 Å². The van der Waals surface area contributed by atoms with Gasteiger partial charge in [-0.05, 0) is 12.0 Å². The Balaban J connectivity index is 1.86. The molecule has 0 amide bonds. The van der Waals surface area contributed by atoms with Crippen molar-refractivity contribution in [1.82, 2.24) is 14.6 Å². The molecule has 0 saturated heterocycles. The Hall–Kier alpha value is -1.33. The van der Waals surface area contributed by atoms with Gasteiger partial charge in [-0.1, -0.05) is 43.4 Å². The Morgan fingerprint density at radius 1 is 1.30 bits per heavy atom. The molecule has 0 atom stereocenters. The summed E-state index contributed by atoms with van der Waals surface area (Å²) >= 11 is 3.60. The highest BCUT2D eigenvalue weighted by molar-refractivity contribution is 7.98. The number of fused-ring (bicyclic) bond motifs is 5. The van der Waals surface area contributed by atoms with Gasteiger partial charge in [0.2, 0.25) is 4.96 Å². The third-order valence-corrected chi connectivity index (χ3v) is 5.44. The number of imidazole rings is 1. The van der Waals surface area contributed by atoms with Gasteiger partial charge < -0.3 is 0 Å². The first-order chi connectivity index (χ1) is 9.72. The fourth-order valence-electron chi connectivity index (χ4n) is 2.54. The van der Waals surface area contributed by atoms with Gasteiger partial charge in [0, 0.05) is 22.6 Å². The van der Waals surface area contributed by atoms with Gasteiger partial charge in [-0.25, -0.2) is 9.50 Å². The number of hydrogen-bond donors (Lipinski definition) is 0. The molecule has 3 heterocycles. The maximum absolute atomic E-state index is 4.83. The largest absolute Gasteiger partial charge is 0.217 e. The first-order valence-electron chi connectivity index (χ1n) is 6.82. The van der Waals surface area contributed by atoms with Gasteiger partial charge in [0.05, 0.1) is 11.4 Å². The zero-order chi connectivity index (χ0) is 13.7. The first-order valence-corrected chi connectivity index (χ1v) is 8.62. The lowest BCUT2D eigenvalue weighted by Crippen LogP contribution is -2.01. The van der Waals surface area contributed by atoms with Gasteiger partial charge in [-0.15, -0.1) is 11.8 Å². The van der Waals surface area contributed by atoms with E-state index < -0.39 is 0 Å². The van der Waals surface area contributed by atoms with E-state index in [1.54, 1.807) is 11.3 Å². The molecule has 0 fully saturated rings. The molecule has 0 unspecified atom stereocenters. The fourth-order valence-corrected chi connectivity index (χ4v) is 4.71. The van der Waals surface area contributed by atoms with Crippen molar-refractivity contribution in [2.24, 2.45) is 5.92 Å². The molecular weight excluding hydrogens is 286 g/mol. The Kier molecular flexibility index (Phi) is 2.86. The van der Waals surface area contributed by atoms with Crippen LogP contribution >= 0.6 is 23.1 Å². The second kappa shape index (κ2) is 4.60. The number of hydrogen-bond acceptors (Lipinski definition) is 4. The summed E-state index contributed by atoms with van der Waals surface area (Å²) in [5.41, 5.74) is 3.62. The molecule has 1 aliphatic rings. The number of aromatic nitrogens is 3. The zero-order valence-electron chi connectivity index (χ0n) is 11.5. The van der Waals surface area contributed by atoms with Gasteiger partial charge in [-0.3, -0.25) is 0 Å². The van der Waals surface area contributed by atoms with E-state index >= 15 is 0 Å².